The Bertz CT molecular complexity index is 922. The number of aliphatic hydroxyl groups is 2. The lowest BCUT2D eigenvalue weighted by Gasteiger charge is -2.40. The third-order valence-electron chi connectivity index (χ3n) is 9.78. The molecule has 0 spiro atoms. The largest absolute Gasteiger partial charge is 0.395 e. The number of rotatable bonds is 10. The van der Waals surface area contributed by atoms with E-state index in [0.29, 0.717) is 30.4 Å². The van der Waals surface area contributed by atoms with Gasteiger partial charge >= 0.3 is 0 Å². The van der Waals surface area contributed by atoms with Crippen LogP contribution in [0.5, 0.6) is 0 Å². The summed E-state index contributed by atoms with van der Waals surface area (Å²) in [6, 6.07) is 22.0. The number of aryl methyl sites for hydroxylation is 1. The SMILES string of the molecule is OC[C@@H](C1CCCCC1)N1CC(CN2CCC(O)(CCCc3ccccc3)CC2)C(c2ccccc2)C1. The average Bonchev–Trinajstić information content (AvgIpc) is 3.35. The van der Waals surface area contributed by atoms with E-state index in [1.807, 2.05) is 0 Å². The van der Waals surface area contributed by atoms with E-state index in [1.54, 1.807) is 0 Å². The maximum Gasteiger partial charge on any atom is 0.0672 e. The van der Waals surface area contributed by atoms with Gasteiger partial charge in [-0.25, -0.2) is 0 Å². The fraction of sp³-hybridized carbons (Fsp3) is 0.636. The molecule has 2 aromatic rings. The van der Waals surface area contributed by atoms with Gasteiger partial charge in [0, 0.05) is 44.7 Å². The van der Waals surface area contributed by atoms with E-state index in [1.165, 1.54) is 43.2 Å². The lowest BCUT2D eigenvalue weighted by molar-refractivity contribution is -0.0318. The summed E-state index contributed by atoms with van der Waals surface area (Å²) in [5.74, 6) is 1.74. The van der Waals surface area contributed by atoms with E-state index in [2.05, 4.69) is 70.5 Å². The second-order valence-electron chi connectivity index (χ2n) is 12.2. The molecule has 0 aromatic heterocycles. The summed E-state index contributed by atoms with van der Waals surface area (Å²) >= 11 is 0. The van der Waals surface area contributed by atoms with Crippen molar-refractivity contribution >= 4 is 0 Å². The van der Waals surface area contributed by atoms with Crippen LogP contribution in [0, 0.1) is 11.8 Å². The number of aliphatic hydroxyl groups excluding tert-OH is 1. The summed E-state index contributed by atoms with van der Waals surface area (Å²) in [6.07, 6.45) is 11.3. The Balaban J connectivity index is 1.17. The predicted octanol–water partition coefficient (Wildman–Crippen LogP) is 5.49. The molecule has 3 fully saturated rings. The molecule has 2 unspecified atom stereocenters. The number of benzene rings is 2. The second kappa shape index (κ2) is 12.9. The lowest BCUT2D eigenvalue weighted by Crippen LogP contribution is -2.47. The molecule has 3 aliphatic rings. The maximum atomic E-state index is 11.3. The molecule has 0 radical (unpaired) electrons. The molecule has 4 nitrogen and oxygen atoms in total. The third-order valence-corrected chi connectivity index (χ3v) is 9.78. The van der Waals surface area contributed by atoms with Crippen LogP contribution in [0.4, 0.5) is 0 Å². The average molecular weight is 505 g/mol. The molecule has 37 heavy (non-hydrogen) atoms. The van der Waals surface area contributed by atoms with Crippen molar-refractivity contribution in [3.8, 4) is 0 Å². The van der Waals surface area contributed by atoms with Gasteiger partial charge in [-0.3, -0.25) is 4.90 Å². The fourth-order valence-corrected chi connectivity index (χ4v) is 7.52. The normalized spacial score (nSPS) is 26.3. The van der Waals surface area contributed by atoms with E-state index in [-0.39, 0.29) is 0 Å². The highest BCUT2D eigenvalue weighted by Gasteiger charge is 2.41. The summed E-state index contributed by atoms with van der Waals surface area (Å²) in [5, 5.41) is 21.7. The zero-order valence-electron chi connectivity index (χ0n) is 22.7. The molecule has 202 valence electrons. The van der Waals surface area contributed by atoms with Gasteiger partial charge in [0.15, 0.2) is 0 Å². The van der Waals surface area contributed by atoms with E-state index < -0.39 is 5.60 Å². The predicted molar refractivity (Wildman–Crippen MR) is 152 cm³/mol. The number of piperidine rings is 1. The first kappa shape index (κ1) is 26.9. The van der Waals surface area contributed by atoms with Crippen molar-refractivity contribution in [2.75, 3.05) is 39.3 Å². The van der Waals surface area contributed by atoms with Crippen molar-refractivity contribution in [1.29, 1.82) is 0 Å². The van der Waals surface area contributed by atoms with E-state index in [9.17, 15) is 10.2 Å². The maximum absolute atomic E-state index is 11.3. The number of hydrogen-bond donors (Lipinski definition) is 2. The van der Waals surface area contributed by atoms with Gasteiger partial charge in [0.25, 0.3) is 0 Å². The van der Waals surface area contributed by atoms with Crippen molar-refractivity contribution in [3.63, 3.8) is 0 Å². The number of hydrogen-bond acceptors (Lipinski definition) is 4. The first-order valence-corrected chi connectivity index (χ1v) is 15.0. The Labute approximate surface area is 224 Å². The summed E-state index contributed by atoms with van der Waals surface area (Å²) in [4.78, 5) is 5.26. The molecule has 1 aliphatic carbocycles. The van der Waals surface area contributed by atoms with Gasteiger partial charge in [-0.1, -0.05) is 79.9 Å². The Kier molecular flexibility index (Phi) is 9.36. The van der Waals surface area contributed by atoms with Crippen molar-refractivity contribution in [2.45, 2.75) is 81.8 Å². The Morgan fingerprint density at radius 2 is 1.54 bits per heavy atom. The van der Waals surface area contributed by atoms with Crippen LogP contribution in [-0.2, 0) is 6.42 Å². The molecular weight excluding hydrogens is 456 g/mol. The number of likely N-dealkylation sites (tertiary alicyclic amines) is 2. The van der Waals surface area contributed by atoms with Crippen LogP contribution in [0.25, 0.3) is 0 Å². The molecule has 2 aromatic carbocycles. The monoisotopic (exact) mass is 504 g/mol. The minimum atomic E-state index is -0.505. The molecule has 2 heterocycles. The van der Waals surface area contributed by atoms with Gasteiger partial charge in [-0.05, 0) is 67.9 Å². The van der Waals surface area contributed by atoms with Crippen LogP contribution in [-0.4, -0.2) is 71.0 Å². The van der Waals surface area contributed by atoms with Crippen molar-refractivity contribution in [1.82, 2.24) is 9.80 Å². The molecule has 0 amide bonds. The molecule has 2 aliphatic heterocycles. The van der Waals surface area contributed by atoms with Crippen molar-refractivity contribution < 1.29 is 10.2 Å². The molecule has 0 bridgehead atoms. The van der Waals surface area contributed by atoms with Gasteiger partial charge < -0.3 is 15.1 Å². The third kappa shape index (κ3) is 7.03. The number of nitrogens with zero attached hydrogens (tertiary/aromatic N) is 2. The quantitative estimate of drug-likeness (QED) is 0.449. The highest BCUT2D eigenvalue weighted by Crippen LogP contribution is 2.39. The van der Waals surface area contributed by atoms with Gasteiger partial charge in [-0.15, -0.1) is 0 Å². The van der Waals surface area contributed by atoms with Gasteiger partial charge in [-0.2, -0.15) is 0 Å². The van der Waals surface area contributed by atoms with Crippen molar-refractivity contribution in [2.24, 2.45) is 11.8 Å². The molecule has 2 saturated heterocycles. The zero-order valence-corrected chi connectivity index (χ0v) is 22.7. The highest BCUT2D eigenvalue weighted by atomic mass is 16.3. The first-order chi connectivity index (χ1) is 18.1. The molecule has 4 heteroatoms. The Morgan fingerprint density at radius 3 is 2.22 bits per heavy atom. The molecule has 5 rings (SSSR count). The minimum absolute atomic E-state index is 0.290. The Hall–Kier alpha value is -1.72. The van der Waals surface area contributed by atoms with Crippen LogP contribution in [0.15, 0.2) is 60.7 Å². The molecule has 2 N–H and O–H groups in total. The summed E-state index contributed by atoms with van der Waals surface area (Å²) in [6.45, 7) is 5.52. The standard InChI is InChI=1S/C33H48N2O2/c36-26-32(29-16-8-3-9-17-29)35-24-30(31(25-35)28-14-6-2-7-15-28)23-34-21-19-33(37,20-22-34)18-10-13-27-11-4-1-5-12-27/h1-2,4-7,11-12,14-15,29-32,36-37H,3,8-10,13,16-26H2/t30?,31?,32-/m0/s1. The summed E-state index contributed by atoms with van der Waals surface area (Å²) < 4.78 is 0. The van der Waals surface area contributed by atoms with E-state index in [4.69, 9.17) is 0 Å². The second-order valence-corrected chi connectivity index (χ2v) is 12.2. The van der Waals surface area contributed by atoms with Crippen molar-refractivity contribution in [3.05, 3.63) is 71.8 Å². The zero-order chi connectivity index (χ0) is 25.5. The van der Waals surface area contributed by atoms with Crippen LogP contribution in [0.1, 0.15) is 74.8 Å². The van der Waals surface area contributed by atoms with Crippen LogP contribution in [0.3, 0.4) is 0 Å². The summed E-state index contributed by atoms with van der Waals surface area (Å²) in [5.41, 5.74) is 2.31. The Morgan fingerprint density at radius 1 is 0.865 bits per heavy atom. The fourth-order valence-electron chi connectivity index (χ4n) is 7.52. The molecular formula is C33H48N2O2. The smallest absolute Gasteiger partial charge is 0.0672 e. The van der Waals surface area contributed by atoms with Crippen LogP contribution >= 0.6 is 0 Å². The summed E-state index contributed by atoms with van der Waals surface area (Å²) in [7, 11) is 0. The van der Waals surface area contributed by atoms with Gasteiger partial charge in [0.2, 0.25) is 0 Å². The van der Waals surface area contributed by atoms with Crippen LogP contribution < -0.4 is 0 Å². The van der Waals surface area contributed by atoms with E-state index in [0.717, 1.165) is 64.8 Å². The topological polar surface area (TPSA) is 46.9 Å². The first-order valence-electron chi connectivity index (χ1n) is 15.0. The van der Waals surface area contributed by atoms with Gasteiger partial charge in [0.05, 0.1) is 12.2 Å². The van der Waals surface area contributed by atoms with Crippen LogP contribution in [0.2, 0.25) is 0 Å². The minimum Gasteiger partial charge on any atom is -0.395 e. The molecule has 3 atom stereocenters. The lowest BCUT2D eigenvalue weighted by atomic mass is 9.83. The van der Waals surface area contributed by atoms with E-state index >= 15 is 0 Å². The van der Waals surface area contributed by atoms with Gasteiger partial charge in [0.1, 0.15) is 0 Å². The molecule has 1 saturated carbocycles. The highest BCUT2D eigenvalue weighted by molar-refractivity contribution is 5.23.